The first-order valence-corrected chi connectivity index (χ1v) is 7.45. The van der Waals surface area contributed by atoms with Gasteiger partial charge in [-0.25, -0.2) is 0 Å². The van der Waals surface area contributed by atoms with E-state index >= 15 is 0 Å². The van der Waals surface area contributed by atoms with Gasteiger partial charge in [-0.1, -0.05) is 39.5 Å². The Morgan fingerprint density at radius 1 is 0.842 bits per heavy atom. The molecular formula is C15H28O4. The molecule has 0 saturated heterocycles. The molecule has 0 radical (unpaired) electrons. The summed E-state index contributed by atoms with van der Waals surface area (Å²) < 4.78 is 10.2. The number of ether oxygens (including phenoxy) is 2. The number of Topliss-reactive ketones (excluding diaryl/α,β-unsaturated/α-hetero) is 1. The monoisotopic (exact) mass is 272 g/mol. The van der Waals surface area contributed by atoms with Crippen LogP contribution in [0.4, 0.5) is 0 Å². The smallest absolute Gasteiger partial charge is 0.305 e. The van der Waals surface area contributed by atoms with E-state index in [-0.39, 0.29) is 25.0 Å². The van der Waals surface area contributed by atoms with E-state index in [2.05, 4.69) is 13.8 Å². The second-order valence-electron chi connectivity index (χ2n) is 4.73. The van der Waals surface area contributed by atoms with E-state index in [1.807, 2.05) is 0 Å². The van der Waals surface area contributed by atoms with Crippen LogP contribution in [0, 0.1) is 0 Å². The summed E-state index contributed by atoms with van der Waals surface area (Å²) in [5.74, 6) is -0.0472. The van der Waals surface area contributed by atoms with Crippen molar-refractivity contribution in [2.45, 2.75) is 65.2 Å². The minimum absolute atomic E-state index is 0.128. The van der Waals surface area contributed by atoms with Crippen LogP contribution in [0.1, 0.15) is 65.2 Å². The molecule has 0 heterocycles. The molecule has 112 valence electrons. The summed E-state index contributed by atoms with van der Waals surface area (Å²) in [7, 11) is 0. The normalized spacial score (nSPS) is 10.4. The van der Waals surface area contributed by atoms with Crippen LogP contribution >= 0.6 is 0 Å². The van der Waals surface area contributed by atoms with E-state index in [4.69, 9.17) is 9.47 Å². The first-order chi connectivity index (χ1) is 9.20. The van der Waals surface area contributed by atoms with Crippen molar-refractivity contribution >= 4 is 11.8 Å². The summed E-state index contributed by atoms with van der Waals surface area (Å²) >= 11 is 0. The fourth-order valence-corrected chi connectivity index (χ4v) is 1.64. The van der Waals surface area contributed by atoms with Crippen LogP contribution in [0.5, 0.6) is 0 Å². The Morgan fingerprint density at radius 3 is 2.11 bits per heavy atom. The molecule has 19 heavy (non-hydrogen) atoms. The third-order valence-corrected chi connectivity index (χ3v) is 2.80. The summed E-state index contributed by atoms with van der Waals surface area (Å²) in [5, 5.41) is 0. The molecule has 0 aromatic heterocycles. The van der Waals surface area contributed by atoms with E-state index < -0.39 is 0 Å². The Morgan fingerprint density at radius 2 is 1.47 bits per heavy atom. The van der Waals surface area contributed by atoms with Crippen LogP contribution < -0.4 is 0 Å². The zero-order valence-electron chi connectivity index (χ0n) is 12.4. The maximum Gasteiger partial charge on any atom is 0.305 e. The van der Waals surface area contributed by atoms with Crippen molar-refractivity contribution in [1.82, 2.24) is 0 Å². The van der Waals surface area contributed by atoms with E-state index in [0.29, 0.717) is 19.4 Å². The summed E-state index contributed by atoms with van der Waals surface area (Å²) in [4.78, 5) is 22.6. The SMILES string of the molecule is CCCCCC(=O)COCCOC(=O)CCCCC. The minimum atomic E-state index is -0.175. The number of carbonyl (C=O) groups is 2. The molecule has 0 atom stereocenters. The third-order valence-electron chi connectivity index (χ3n) is 2.80. The maximum absolute atomic E-state index is 11.4. The Hall–Kier alpha value is -0.900. The van der Waals surface area contributed by atoms with Crippen LogP contribution in [0.2, 0.25) is 0 Å². The summed E-state index contributed by atoms with van der Waals surface area (Å²) in [6.45, 7) is 4.88. The lowest BCUT2D eigenvalue weighted by atomic mass is 10.1. The van der Waals surface area contributed by atoms with Crippen molar-refractivity contribution in [2.24, 2.45) is 0 Å². The molecule has 0 aromatic carbocycles. The van der Waals surface area contributed by atoms with Gasteiger partial charge in [0.2, 0.25) is 0 Å². The van der Waals surface area contributed by atoms with Gasteiger partial charge in [-0.05, 0) is 12.8 Å². The predicted octanol–water partition coefficient (Wildman–Crippen LogP) is 3.28. The van der Waals surface area contributed by atoms with E-state index in [0.717, 1.165) is 38.5 Å². The van der Waals surface area contributed by atoms with Gasteiger partial charge in [0.15, 0.2) is 5.78 Å². The number of carbonyl (C=O) groups excluding carboxylic acids is 2. The fraction of sp³-hybridized carbons (Fsp3) is 0.867. The molecule has 0 aliphatic rings. The number of rotatable bonds is 13. The van der Waals surface area contributed by atoms with Crippen LogP contribution in [0.25, 0.3) is 0 Å². The van der Waals surface area contributed by atoms with Crippen molar-refractivity contribution in [3.8, 4) is 0 Å². The van der Waals surface area contributed by atoms with Crippen LogP contribution in [-0.4, -0.2) is 31.6 Å². The zero-order valence-corrected chi connectivity index (χ0v) is 12.4. The van der Waals surface area contributed by atoms with Crippen LogP contribution in [0.15, 0.2) is 0 Å². The van der Waals surface area contributed by atoms with Gasteiger partial charge in [0.1, 0.15) is 13.2 Å². The maximum atomic E-state index is 11.4. The lowest BCUT2D eigenvalue weighted by Crippen LogP contribution is -2.14. The molecule has 0 bridgehead atoms. The topological polar surface area (TPSA) is 52.6 Å². The number of hydrogen-bond donors (Lipinski definition) is 0. The Balaban J connectivity index is 3.29. The molecule has 4 heteroatoms. The Bertz CT molecular complexity index is 214. The first kappa shape index (κ1) is 18.1. The highest BCUT2D eigenvalue weighted by Gasteiger charge is 2.04. The fourth-order valence-electron chi connectivity index (χ4n) is 1.64. The molecule has 0 aromatic rings. The van der Waals surface area contributed by atoms with Crippen molar-refractivity contribution in [1.29, 1.82) is 0 Å². The second-order valence-corrected chi connectivity index (χ2v) is 4.73. The molecule has 4 nitrogen and oxygen atoms in total. The molecule has 0 aliphatic carbocycles. The standard InChI is InChI=1S/C15H28O4/c1-3-5-7-9-14(16)13-18-11-12-19-15(17)10-8-6-4-2/h3-13H2,1-2H3. The largest absolute Gasteiger partial charge is 0.463 e. The quantitative estimate of drug-likeness (QED) is 0.381. The first-order valence-electron chi connectivity index (χ1n) is 7.45. The van der Waals surface area contributed by atoms with Gasteiger partial charge in [0.05, 0.1) is 6.61 Å². The Labute approximate surface area is 116 Å². The van der Waals surface area contributed by atoms with Gasteiger partial charge < -0.3 is 9.47 Å². The average molecular weight is 272 g/mol. The average Bonchev–Trinajstić information content (AvgIpc) is 2.39. The third kappa shape index (κ3) is 13.3. The van der Waals surface area contributed by atoms with Crippen molar-refractivity contribution < 1.29 is 19.1 Å². The number of esters is 1. The van der Waals surface area contributed by atoms with Gasteiger partial charge in [-0.15, -0.1) is 0 Å². The van der Waals surface area contributed by atoms with E-state index in [9.17, 15) is 9.59 Å². The van der Waals surface area contributed by atoms with Crippen LogP contribution in [0.3, 0.4) is 0 Å². The number of hydrogen-bond acceptors (Lipinski definition) is 4. The summed E-state index contributed by atoms with van der Waals surface area (Å²) in [5.41, 5.74) is 0. The van der Waals surface area contributed by atoms with E-state index in [1.54, 1.807) is 0 Å². The molecule has 0 saturated carbocycles. The molecule has 0 spiro atoms. The van der Waals surface area contributed by atoms with Crippen molar-refractivity contribution in [3.05, 3.63) is 0 Å². The lowest BCUT2D eigenvalue weighted by Gasteiger charge is -2.05. The van der Waals surface area contributed by atoms with Gasteiger partial charge in [-0.2, -0.15) is 0 Å². The molecule has 0 aliphatic heterocycles. The summed E-state index contributed by atoms with van der Waals surface area (Å²) in [6, 6.07) is 0. The molecule has 0 N–H and O–H groups in total. The minimum Gasteiger partial charge on any atom is -0.463 e. The van der Waals surface area contributed by atoms with Gasteiger partial charge in [-0.3, -0.25) is 9.59 Å². The summed E-state index contributed by atoms with van der Waals surface area (Å²) in [6.07, 6.45) is 7.23. The van der Waals surface area contributed by atoms with Gasteiger partial charge in [0, 0.05) is 12.8 Å². The second kappa shape index (κ2) is 13.5. The highest BCUT2D eigenvalue weighted by atomic mass is 16.6. The highest BCUT2D eigenvalue weighted by Crippen LogP contribution is 2.01. The molecule has 0 unspecified atom stereocenters. The number of ketones is 1. The molecule has 0 amide bonds. The zero-order chi connectivity index (χ0) is 14.3. The lowest BCUT2D eigenvalue weighted by molar-refractivity contribution is -0.145. The van der Waals surface area contributed by atoms with Crippen LogP contribution in [-0.2, 0) is 19.1 Å². The van der Waals surface area contributed by atoms with Crippen molar-refractivity contribution in [3.63, 3.8) is 0 Å². The molecule has 0 rings (SSSR count). The number of unbranched alkanes of at least 4 members (excludes halogenated alkanes) is 4. The molecule has 0 fully saturated rings. The van der Waals surface area contributed by atoms with Gasteiger partial charge in [0.25, 0.3) is 0 Å². The molecular weight excluding hydrogens is 244 g/mol. The van der Waals surface area contributed by atoms with E-state index in [1.165, 1.54) is 0 Å². The Kier molecular flexibility index (Phi) is 12.9. The predicted molar refractivity (Wildman–Crippen MR) is 75.1 cm³/mol. The van der Waals surface area contributed by atoms with Crippen molar-refractivity contribution in [2.75, 3.05) is 19.8 Å². The van der Waals surface area contributed by atoms with Gasteiger partial charge >= 0.3 is 5.97 Å². The highest BCUT2D eigenvalue weighted by molar-refractivity contribution is 5.79.